The van der Waals surface area contributed by atoms with Crippen molar-refractivity contribution < 1.29 is 4.74 Å². The smallest absolute Gasteiger partial charge is 0.140 e. The summed E-state index contributed by atoms with van der Waals surface area (Å²) in [4.78, 5) is 4.07. The highest BCUT2D eigenvalue weighted by molar-refractivity contribution is 5.43. The second-order valence-electron chi connectivity index (χ2n) is 5.16. The Kier molecular flexibility index (Phi) is 3.16. The average Bonchev–Trinajstić information content (AvgIpc) is 3.24. The average molecular weight is 243 g/mol. The summed E-state index contributed by atoms with van der Waals surface area (Å²) in [7, 11) is 0. The van der Waals surface area contributed by atoms with Gasteiger partial charge in [0.15, 0.2) is 0 Å². The van der Waals surface area contributed by atoms with Gasteiger partial charge in [-0.2, -0.15) is 5.26 Å². The molecular formula is C14H17N3O. The fourth-order valence-corrected chi connectivity index (χ4v) is 2.54. The maximum absolute atomic E-state index is 8.70. The highest BCUT2D eigenvalue weighted by Gasteiger charge is 2.35. The molecule has 0 amide bonds. The van der Waals surface area contributed by atoms with Gasteiger partial charge in [-0.15, -0.1) is 0 Å². The first-order chi connectivity index (χ1) is 8.85. The van der Waals surface area contributed by atoms with Crippen molar-refractivity contribution in [3.63, 3.8) is 0 Å². The summed E-state index contributed by atoms with van der Waals surface area (Å²) in [6.45, 7) is 0.850. The van der Waals surface area contributed by atoms with Crippen molar-refractivity contribution in [1.82, 2.24) is 4.98 Å². The maximum Gasteiger partial charge on any atom is 0.140 e. The van der Waals surface area contributed by atoms with Crippen LogP contribution >= 0.6 is 0 Å². The molecule has 2 heterocycles. The minimum absolute atomic E-state index is 0.447. The molecule has 0 bridgehead atoms. The van der Waals surface area contributed by atoms with Gasteiger partial charge in [-0.3, -0.25) is 0 Å². The molecule has 2 atom stereocenters. The fraction of sp³-hybridized carbons (Fsp3) is 0.571. The number of hydrogen-bond donors (Lipinski definition) is 1. The van der Waals surface area contributed by atoms with Crippen molar-refractivity contribution in [2.24, 2.45) is 5.92 Å². The van der Waals surface area contributed by atoms with Gasteiger partial charge >= 0.3 is 0 Å². The molecule has 4 heteroatoms. The first-order valence-corrected chi connectivity index (χ1v) is 6.59. The van der Waals surface area contributed by atoms with E-state index in [1.807, 2.05) is 12.1 Å². The molecule has 2 aliphatic rings. The lowest BCUT2D eigenvalue weighted by atomic mass is 10.00. The first-order valence-electron chi connectivity index (χ1n) is 6.59. The van der Waals surface area contributed by atoms with Crippen LogP contribution in [-0.2, 0) is 4.74 Å². The molecular weight excluding hydrogens is 226 g/mol. The molecule has 3 rings (SSSR count). The lowest BCUT2D eigenvalue weighted by Crippen LogP contribution is -2.35. The standard InChI is InChI=1S/C14H17N3O/c15-8-12-3-4-13(9-16-12)17-11-5-6-18-14(7-11)10-1-2-10/h3-4,9-11,14,17H,1-2,5-7H2. The number of rotatable bonds is 3. The summed E-state index contributed by atoms with van der Waals surface area (Å²) in [5.41, 5.74) is 1.46. The molecule has 2 fully saturated rings. The molecule has 0 spiro atoms. The zero-order valence-corrected chi connectivity index (χ0v) is 10.3. The van der Waals surface area contributed by atoms with E-state index in [0.717, 1.165) is 31.1 Å². The van der Waals surface area contributed by atoms with Gasteiger partial charge in [-0.1, -0.05) is 0 Å². The molecule has 0 aromatic carbocycles. The zero-order valence-electron chi connectivity index (χ0n) is 10.3. The van der Waals surface area contributed by atoms with E-state index < -0.39 is 0 Å². The first kappa shape index (κ1) is 11.5. The van der Waals surface area contributed by atoms with Crippen LogP contribution < -0.4 is 5.32 Å². The quantitative estimate of drug-likeness (QED) is 0.885. The van der Waals surface area contributed by atoms with Crippen LogP contribution in [0.5, 0.6) is 0 Å². The van der Waals surface area contributed by atoms with E-state index in [4.69, 9.17) is 10.00 Å². The van der Waals surface area contributed by atoms with Gasteiger partial charge < -0.3 is 10.1 Å². The number of nitrogens with one attached hydrogen (secondary N) is 1. The second-order valence-corrected chi connectivity index (χ2v) is 5.16. The third kappa shape index (κ3) is 2.62. The highest BCUT2D eigenvalue weighted by Crippen LogP contribution is 2.38. The molecule has 1 aliphatic carbocycles. The molecule has 1 aromatic rings. The molecule has 1 aromatic heterocycles. The van der Waals surface area contributed by atoms with Crippen molar-refractivity contribution in [3.8, 4) is 6.07 Å². The Bertz CT molecular complexity index is 447. The molecule has 2 unspecified atom stereocenters. The normalized spacial score (nSPS) is 27.5. The van der Waals surface area contributed by atoms with E-state index in [0.29, 0.717) is 17.8 Å². The van der Waals surface area contributed by atoms with E-state index in [2.05, 4.69) is 10.3 Å². The summed E-state index contributed by atoms with van der Waals surface area (Å²) in [5, 5.41) is 12.2. The Morgan fingerprint density at radius 2 is 2.22 bits per heavy atom. The Balaban J connectivity index is 1.59. The Morgan fingerprint density at radius 1 is 1.33 bits per heavy atom. The van der Waals surface area contributed by atoms with Crippen LogP contribution in [0.25, 0.3) is 0 Å². The SMILES string of the molecule is N#Cc1ccc(NC2CCOC(C3CC3)C2)cn1. The predicted octanol–water partition coefficient (Wildman–Crippen LogP) is 2.32. The van der Waals surface area contributed by atoms with Gasteiger partial charge in [-0.25, -0.2) is 4.98 Å². The van der Waals surface area contributed by atoms with Gasteiger partial charge in [0.05, 0.1) is 18.0 Å². The van der Waals surface area contributed by atoms with Gasteiger partial charge in [0, 0.05) is 12.6 Å². The summed E-state index contributed by atoms with van der Waals surface area (Å²) in [6.07, 6.45) is 6.97. The number of pyridine rings is 1. The Morgan fingerprint density at radius 3 is 2.89 bits per heavy atom. The van der Waals surface area contributed by atoms with Crippen molar-refractivity contribution >= 4 is 5.69 Å². The summed E-state index contributed by atoms with van der Waals surface area (Å²) < 4.78 is 5.81. The van der Waals surface area contributed by atoms with Crippen LogP contribution in [0.15, 0.2) is 18.3 Å². The summed E-state index contributed by atoms with van der Waals surface area (Å²) in [6, 6.07) is 6.17. The van der Waals surface area contributed by atoms with Crippen LogP contribution in [0.4, 0.5) is 5.69 Å². The molecule has 0 radical (unpaired) electrons. The third-order valence-corrected chi connectivity index (χ3v) is 3.71. The van der Waals surface area contributed by atoms with Crippen LogP contribution in [0, 0.1) is 17.2 Å². The van der Waals surface area contributed by atoms with Crippen molar-refractivity contribution in [2.75, 3.05) is 11.9 Å². The van der Waals surface area contributed by atoms with E-state index in [9.17, 15) is 0 Å². The van der Waals surface area contributed by atoms with E-state index in [1.54, 1.807) is 12.3 Å². The van der Waals surface area contributed by atoms with Crippen LogP contribution in [0.3, 0.4) is 0 Å². The van der Waals surface area contributed by atoms with Crippen LogP contribution in [-0.4, -0.2) is 23.7 Å². The molecule has 94 valence electrons. The molecule has 1 aliphatic heterocycles. The topological polar surface area (TPSA) is 57.9 Å². The zero-order chi connectivity index (χ0) is 12.4. The molecule has 1 N–H and O–H groups in total. The Hall–Kier alpha value is -1.60. The Labute approximate surface area is 107 Å². The van der Waals surface area contributed by atoms with E-state index >= 15 is 0 Å². The molecule has 4 nitrogen and oxygen atoms in total. The van der Waals surface area contributed by atoms with E-state index in [-0.39, 0.29) is 0 Å². The fourth-order valence-electron chi connectivity index (χ4n) is 2.54. The number of anilines is 1. The lowest BCUT2D eigenvalue weighted by molar-refractivity contribution is -0.00219. The lowest BCUT2D eigenvalue weighted by Gasteiger charge is -2.30. The monoisotopic (exact) mass is 243 g/mol. The van der Waals surface area contributed by atoms with Gasteiger partial charge in [0.25, 0.3) is 0 Å². The van der Waals surface area contributed by atoms with Crippen LogP contribution in [0.2, 0.25) is 0 Å². The van der Waals surface area contributed by atoms with Crippen molar-refractivity contribution in [3.05, 3.63) is 24.0 Å². The number of hydrogen-bond acceptors (Lipinski definition) is 4. The largest absolute Gasteiger partial charge is 0.381 e. The second kappa shape index (κ2) is 4.95. The van der Waals surface area contributed by atoms with Gasteiger partial charge in [0.2, 0.25) is 0 Å². The number of nitriles is 1. The minimum Gasteiger partial charge on any atom is -0.381 e. The molecule has 1 saturated carbocycles. The predicted molar refractivity (Wildman–Crippen MR) is 68.1 cm³/mol. The van der Waals surface area contributed by atoms with E-state index in [1.165, 1.54) is 12.8 Å². The van der Waals surface area contributed by atoms with Gasteiger partial charge in [0.1, 0.15) is 11.8 Å². The molecule has 18 heavy (non-hydrogen) atoms. The molecule has 1 saturated heterocycles. The van der Waals surface area contributed by atoms with Crippen molar-refractivity contribution in [2.45, 2.75) is 37.8 Å². The highest BCUT2D eigenvalue weighted by atomic mass is 16.5. The third-order valence-electron chi connectivity index (χ3n) is 3.71. The summed E-state index contributed by atoms with van der Waals surface area (Å²) in [5.74, 6) is 0.800. The maximum atomic E-state index is 8.70. The van der Waals surface area contributed by atoms with Gasteiger partial charge in [-0.05, 0) is 43.7 Å². The van der Waals surface area contributed by atoms with Crippen LogP contribution in [0.1, 0.15) is 31.4 Å². The number of aromatic nitrogens is 1. The minimum atomic E-state index is 0.447. The number of nitrogens with zero attached hydrogens (tertiary/aromatic N) is 2. The van der Waals surface area contributed by atoms with Crippen molar-refractivity contribution in [1.29, 1.82) is 5.26 Å². The number of ether oxygens (including phenoxy) is 1. The summed E-state index contributed by atoms with van der Waals surface area (Å²) >= 11 is 0.